The average molecular weight is 689 g/mol. The minimum absolute atomic E-state index is 1.09. The van der Waals surface area contributed by atoms with Crippen molar-refractivity contribution in [3.8, 4) is 39.1 Å². The van der Waals surface area contributed by atoms with E-state index in [2.05, 4.69) is 228 Å². The van der Waals surface area contributed by atoms with Crippen molar-refractivity contribution < 1.29 is 0 Å². The molecule has 0 atom stereocenters. The highest BCUT2D eigenvalue weighted by molar-refractivity contribution is 6.10. The van der Waals surface area contributed by atoms with E-state index in [-0.39, 0.29) is 0 Å². The highest BCUT2D eigenvalue weighted by Gasteiger charge is 2.21. The van der Waals surface area contributed by atoms with Gasteiger partial charge in [-0.2, -0.15) is 0 Å². The van der Waals surface area contributed by atoms with Crippen LogP contribution in [0.3, 0.4) is 0 Å². The number of fused-ring (bicyclic) bond motifs is 4. The summed E-state index contributed by atoms with van der Waals surface area (Å²) in [6.07, 6.45) is 0. The number of aromatic nitrogens is 1. The summed E-state index contributed by atoms with van der Waals surface area (Å²) in [4.78, 5) is 2.43. The van der Waals surface area contributed by atoms with E-state index < -0.39 is 0 Å². The van der Waals surface area contributed by atoms with E-state index in [1.54, 1.807) is 0 Å². The number of nitrogens with zero attached hydrogens (tertiary/aromatic N) is 2. The third-order valence-corrected chi connectivity index (χ3v) is 10.6. The number of hydrogen-bond acceptors (Lipinski definition) is 1. The summed E-state index contributed by atoms with van der Waals surface area (Å²) in [5.74, 6) is 0. The Morgan fingerprint density at radius 2 is 0.852 bits per heavy atom. The highest BCUT2D eigenvalue weighted by atomic mass is 15.1. The summed E-state index contributed by atoms with van der Waals surface area (Å²) in [5, 5.41) is 4.93. The maximum atomic E-state index is 2.43. The third kappa shape index (κ3) is 5.44. The molecule has 9 aromatic carbocycles. The van der Waals surface area contributed by atoms with Gasteiger partial charge in [-0.25, -0.2) is 0 Å². The topological polar surface area (TPSA) is 8.17 Å². The molecule has 10 rings (SSSR count). The SMILES string of the molecule is c1ccc(-c2ccc(N(c3ccc(-c4ccccc4-n4c5ccccc5c5ccccc54)cc3)c3cccc4ccccc34)c(-c3ccccc3)c2)cc1. The van der Waals surface area contributed by atoms with Gasteiger partial charge in [0.15, 0.2) is 0 Å². The fourth-order valence-electron chi connectivity index (χ4n) is 8.09. The van der Waals surface area contributed by atoms with Crippen LogP contribution in [0, 0.1) is 0 Å². The lowest BCUT2D eigenvalue weighted by molar-refractivity contribution is 1.18. The standard InChI is InChI=1S/C52H36N2/c1-3-16-37(17-4-1)41-32-35-52(47(36-41)39-18-5-2-6-19-39)53(48-29-15-21-38-20-7-8-22-43(38)48)42-33-30-40(31-34-42)44-23-9-12-26-49(44)54-50-27-13-10-24-45(50)46-25-11-14-28-51(46)54/h1-36H. The molecule has 0 aliphatic heterocycles. The molecule has 0 N–H and O–H groups in total. The molecule has 54 heavy (non-hydrogen) atoms. The summed E-state index contributed by atoms with van der Waals surface area (Å²) in [6, 6.07) is 78.9. The minimum atomic E-state index is 1.09. The summed E-state index contributed by atoms with van der Waals surface area (Å²) < 4.78 is 2.41. The quantitative estimate of drug-likeness (QED) is 0.162. The van der Waals surface area contributed by atoms with Gasteiger partial charge in [-0.15, -0.1) is 0 Å². The van der Waals surface area contributed by atoms with Crippen LogP contribution >= 0.6 is 0 Å². The molecule has 0 aliphatic carbocycles. The summed E-state index contributed by atoms with van der Waals surface area (Å²) >= 11 is 0. The first-order chi connectivity index (χ1) is 26.8. The number of hydrogen-bond donors (Lipinski definition) is 0. The first-order valence-corrected chi connectivity index (χ1v) is 18.5. The van der Waals surface area contributed by atoms with Crippen molar-refractivity contribution in [2.24, 2.45) is 0 Å². The molecule has 1 aromatic heterocycles. The fourth-order valence-corrected chi connectivity index (χ4v) is 8.09. The number of para-hydroxylation sites is 3. The van der Waals surface area contributed by atoms with Gasteiger partial charge < -0.3 is 9.47 Å². The monoisotopic (exact) mass is 688 g/mol. The molecule has 0 amide bonds. The molecule has 0 bridgehead atoms. The average Bonchev–Trinajstić information content (AvgIpc) is 3.59. The van der Waals surface area contributed by atoms with Crippen LogP contribution in [-0.2, 0) is 0 Å². The zero-order valence-corrected chi connectivity index (χ0v) is 29.7. The van der Waals surface area contributed by atoms with Gasteiger partial charge in [0.25, 0.3) is 0 Å². The Kier molecular flexibility index (Phi) is 7.85. The van der Waals surface area contributed by atoms with Crippen LogP contribution in [0.25, 0.3) is 71.6 Å². The van der Waals surface area contributed by atoms with Crippen LogP contribution in [-0.4, -0.2) is 4.57 Å². The Bertz CT molecular complexity index is 2860. The number of rotatable bonds is 7. The first kappa shape index (κ1) is 31.6. The molecule has 0 fully saturated rings. The maximum absolute atomic E-state index is 2.43. The highest BCUT2D eigenvalue weighted by Crippen LogP contribution is 2.45. The van der Waals surface area contributed by atoms with Gasteiger partial charge in [0, 0.05) is 33.0 Å². The summed E-state index contributed by atoms with van der Waals surface area (Å²) in [5.41, 5.74) is 14.0. The zero-order valence-electron chi connectivity index (χ0n) is 29.7. The fraction of sp³-hybridized carbons (Fsp3) is 0. The van der Waals surface area contributed by atoms with Crippen LogP contribution in [0.15, 0.2) is 218 Å². The smallest absolute Gasteiger partial charge is 0.0541 e. The van der Waals surface area contributed by atoms with Crippen molar-refractivity contribution >= 4 is 49.6 Å². The van der Waals surface area contributed by atoms with E-state index in [1.807, 2.05) is 0 Å². The third-order valence-electron chi connectivity index (χ3n) is 10.6. The van der Waals surface area contributed by atoms with E-state index in [9.17, 15) is 0 Å². The Labute approximate surface area is 315 Å². The van der Waals surface area contributed by atoms with Gasteiger partial charge in [-0.05, 0) is 76.2 Å². The van der Waals surface area contributed by atoms with E-state index in [0.717, 1.165) is 28.3 Å². The second-order valence-corrected chi connectivity index (χ2v) is 13.7. The Morgan fingerprint density at radius 3 is 1.57 bits per heavy atom. The molecule has 0 aliphatic rings. The second kappa shape index (κ2) is 13.4. The van der Waals surface area contributed by atoms with Gasteiger partial charge in [0.1, 0.15) is 0 Å². The van der Waals surface area contributed by atoms with E-state index >= 15 is 0 Å². The predicted molar refractivity (Wildman–Crippen MR) is 229 cm³/mol. The molecule has 1 heterocycles. The van der Waals surface area contributed by atoms with Crippen LogP contribution < -0.4 is 4.90 Å². The molecule has 0 unspecified atom stereocenters. The van der Waals surface area contributed by atoms with Crippen LogP contribution in [0.1, 0.15) is 0 Å². The molecule has 0 saturated heterocycles. The Balaban J connectivity index is 1.16. The number of benzene rings is 9. The molecule has 254 valence electrons. The normalized spacial score (nSPS) is 11.3. The molecule has 0 saturated carbocycles. The van der Waals surface area contributed by atoms with Gasteiger partial charge in [-0.3, -0.25) is 0 Å². The van der Waals surface area contributed by atoms with Crippen molar-refractivity contribution in [3.63, 3.8) is 0 Å². The van der Waals surface area contributed by atoms with Crippen molar-refractivity contribution in [2.45, 2.75) is 0 Å². The van der Waals surface area contributed by atoms with Gasteiger partial charge >= 0.3 is 0 Å². The Hall–Kier alpha value is -7.16. The molecular formula is C52H36N2. The lowest BCUT2D eigenvalue weighted by atomic mass is 9.95. The van der Waals surface area contributed by atoms with Gasteiger partial charge in [-0.1, -0.05) is 170 Å². The molecule has 10 aromatic rings. The van der Waals surface area contributed by atoms with Crippen molar-refractivity contribution in [2.75, 3.05) is 4.90 Å². The second-order valence-electron chi connectivity index (χ2n) is 13.7. The van der Waals surface area contributed by atoms with Crippen LogP contribution in [0.2, 0.25) is 0 Å². The summed E-state index contributed by atoms with van der Waals surface area (Å²) in [6.45, 7) is 0. The molecular weight excluding hydrogens is 653 g/mol. The van der Waals surface area contributed by atoms with E-state index in [4.69, 9.17) is 0 Å². The van der Waals surface area contributed by atoms with E-state index in [0.29, 0.717) is 0 Å². The van der Waals surface area contributed by atoms with Gasteiger partial charge in [0.05, 0.1) is 28.1 Å². The van der Waals surface area contributed by atoms with Gasteiger partial charge in [0.2, 0.25) is 0 Å². The number of anilines is 3. The Morgan fingerprint density at radius 1 is 0.315 bits per heavy atom. The molecule has 2 heteroatoms. The van der Waals surface area contributed by atoms with E-state index in [1.165, 1.54) is 60.4 Å². The van der Waals surface area contributed by atoms with Crippen molar-refractivity contribution in [1.82, 2.24) is 4.57 Å². The van der Waals surface area contributed by atoms with Crippen molar-refractivity contribution in [1.29, 1.82) is 0 Å². The minimum Gasteiger partial charge on any atom is -0.309 e. The molecule has 0 spiro atoms. The van der Waals surface area contributed by atoms with Crippen molar-refractivity contribution in [3.05, 3.63) is 218 Å². The molecule has 0 radical (unpaired) electrons. The predicted octanol–water partition coefficient (Wildman–Crippen LogP) is 14.4. The van der Waals surface area contributed by atoms with Crippen LogP contribution in [0.4, 0.5) is 17.1 Å². The largest absolute Gasteiger partial charge is 0.309 e. The lowest BCUT2D eigenvalue weighted by Crippen LogP contribution is -2.12. The lowest BCUT2D eigenvalue weighted by Gasteiger charge is -2.29. The molecule has 2 nitrogen and oxygen atoms in total. The maximum Gasteiger partial charge on any atom is 0.0541 e. The first-order valence-electron chi connectivity index (χ1n) is 18.5. The zero-order chi connectivity index (χ0) is 35.8. The van der Waals surface area contributed by atoms with Crippen LogP contribution in [0.5, 0.6) is 0 Å². The summed E-state index contributed by atoms with van der Waals surface area (Å²) in [7, 11) is 0.